The number of rotatable bonds is 6. The Morgan fingerprint density at radius 3 is 2.36 bits per heavy atom. The lowest BCUT2D eigenvalue weighted by Gasteiger charge is -2.09. The Morgan fingerprint density at radius 2 is 1.71 bits per heavy atom. The number of methoxy groups -OCH3 is 1. The van der Waals surface area contributed by atoms with Crippen LogP contribution < -0.4 is 10.6 Å². The molecule has 0 bridgehead atoms. The van der Waals surface area contributed by atoms with Crippen LogP contribution in [0.2, 0.25) is 0 Å². The molecule has 1 aromatic heterocycles. The standard InChI is InChI=1S/C21H20N4O3/c1-3-14-6-4-5-7-17(14)23-20(26)18-12-13-19(25-24-18)22-16-10-8-15(9-11-16)21(27)28-2/h4-13H,3H2,1-2H3,(H,22,25)(H,23,26). The molecule has 0 spiro atoms. The molecule has 142 valence electrons. The summed E-state index contributed by atoms with van der Waals surface area (Å²) in [4.78, 5) is 23.9. The maximum absolute atomic E-state index is 12.4. The lowest BCUT2D eigenvalue weighted by atomic mass is 10.1. The van der Waals surface area contributed by atoms with Gasteiger partial charge < -0.3 is 15.4 Å². The van der Waals surface area contributed by atoms with Gasteiger partial charge in [-0.2, -0.15) is 0 Å². The Labute approximate surface area is 162 Å². The molecular weight excluding hydrogens is 356 g/mol. The molecule has 0 atom stereocenters. The minimum atomic E-state index is -0.397. The summed E-state index contributed by atoms with van der Waals surface area (Å²) in [5.74, 6) is -0.231. The largest absolute Gasteiger partial charge is 0.465 e. The normalized spacial score (nSPS) is 10.2. The van der Waals surface area contributed by atoms with E-state index in [2.05, 4.69) is 25.6 Å². The monoisotopic (exact) mass is 376 g/mol. The summed E-state index contributed by atoms with van der Waals surface area (Å²) in [7, 11) is 1.34. The fourth-order valence-corrected chi connectivity index (χ4v) is 2.61. The molecule has 2 aromatic carbocycles. The molecular formula is C21H20N4O3. The van der Waals surface area contributed by atoms with Crippen LogP contribution in [-0.2, 0) is 11.2 Å². The van der Waals surface area contributed by atoms with E-state index in [9.17, 15) is 9.59 Å². The van der Waals surface area contributed by atoms with Crippen molar-refractivity contribution in [2.24, 2.45) is 0 Å². The predicted molar refractivity (Wildman–Crippen MR) is 107 cm³/mol. The van der Waals surface area contributed by atoms with Crippen molar-refractivity contribution in [2.45, 2.75) is 13.3 Å². The number of aromatic nitrogens is 2. The zero-order valence-corrected chi connectivity index (χ0v) is 15.6. The summed E-state index contributed by atoms with van der Waals surface area (Å²) in [6, 6.07) is 17.7. The van der Waals surface area contributed by atoms with Crippen molar-refractivity contribution in [1.29, 1.82) is 0 Å². The van der Waals surface area contributed by atoms with Gasteiger partial charge in [-0.15, -0.1) is 10.2 Å². The second-order valence-corrected chi connectivity index (χ2v) is 5.96. The van der Waals surface area contributed by atoms with Crippen LogP contribution in [0.4, 0.5) is 17.2 Å². The van der Waals surface area contributed by atoms with Gasteiger partial charge in [0.15, 0.2) is 11.5 Å². The molecule has 0 saturated carbocycles. The van der Waals surface area contributed by atoms with Crippen molar-refractivity contribution in [3.8, 4) is 0 Å². The first-order chi connectivity index (χ1) is 13.6. The molecule has 0 aliphatic rings. The van der Waals surface area contributed by atoms with Crippen LogP contribution in [0.3, 0.4) is 0 Å². The van der Waals surface area contributed by atoms with Crippen molar-refractivity contribution in [3.05, 3.63) is 77.5 Å². The number of esters is 1. The molecule has 28 heavy (non-hydrogen) atoms. The van der Waals surface area contributed by atoms with Crippen molar-refractivity contribution >= 4 is 29.1 Å². The first-order valence-corrected chi connectivity index (χ1v) is 8.79. The summed E-state index contributed by atoms with van der Waals surface area (Å²) in [6.07, 6.45) is 0.819. The van der Waals surface area contributed by atoms with Gasteiger partial charge in [0.2, 0.25) is 0 Å². The fraction of sp³-hybridized carbons (Fsp3) is 0.143. The van der Waals surface area contributed by atoms with Crippen molar-refractivity contribution in [3.63, 3.8) is 0 Å². The number of anilines is 3. The van der Waals surface area contributed by atoms with E-state index in [-0.39, 0.29) is 11.6 Å². The molecule has 0 saturated heterocycles. The number of carbonyl (C=O) groups is 2. The highest BCUT2D eigenvalue weighted by Crippen LogP contribution is 2.18. The van der Waals surface area contributed by atoms with E-state index in [0.717, 1.165) is 23.4 Å². The van der Waals surface area contributed by atoms with Gasteiger partial charge in [-0.05, 0) is 54.4 Å². The summed E-state index contributed by atoms with van der Waals surface area (Å²) in [5, 5.41) is 14.0. The molecule has 0 aliphatic carbocycles. The molecule has 1 heterocycles. The number of para-hydroxylation sites is 1. The average molecular weight is 376 g/mol. The minimum Gasteiger partial charge on any atom is -0.465 e. The number of benzene rings is 2. The zero-order valence-electron chi connectivity index (χ0n) is 15.6. The number of carbonyl (C=O) groups excluding carboxylic acids is 2. The Bertz CT molecular complexity index is 970. The van der Waals surface area contributed by atoms with Crippen LogP contribution in [0.25, 0.3) is 0 Å². The number of amides is 1. The van der Waals surface area contributed by atoms with E-state index in [1.165, 1.54) is 7.11 Å². The van der Waals surface area contributed by atoms with Crippen LogP contribution in [0, 0.1) is 0 Å². The number of nitrogens with one attached hydrogen (secondary N) is 2. The Kier molecular flexibility index (Phi) is 5.96. The Hall–Kier alpha value is -3.74. The lowest BCUT2D eigenvalue weighted by Crippen LogP contribution is -2.15. The molecule has 2 N–H and O–H groups in total. The summed E-state index contributed by atoms with van der Waals surface area (Å²) >= 11 is 0. The van der Waals surface area contributed by atoms with Gasteiger partial charge in [-0.3, -0.25) is 4.79 Å². The topological polar surface area (TPSA) is 93.2 Å². The first kappa shape index (κ1) is 19.0. The first-order valence-electron chi connectivity index (χ1n) is 8.79. The Morgan fingerprint density at radius 1 is 0.964 bits per heavy atom. The third-order valence-electron chi connectivity index (χ3n) is 4.12. The van der Waals surface area contributed by atoms with E-state index in [0.29, 0.717) is 11.4 Å². The fourth-order valence-electron chi connectivity index (χ4n) is 2.61. The number of hydrogen-bond donors (Lipinski definition) is 2. The smallest absolute Gasteiger partial charge is 0.337 e. The molecule has 1 amide bonds. The quantitative estimate of drug-likeness (QED) is 0.635. The highest BCUT2D eigenvalue weighted by molar-refractivity contribution is 6.03. The van der Waals surface area contributed by atoms with E-state index < -0.39 is 5.97 Å². The molecule has 0 unspecified atom stereocenters. The molecule has 0 radical (unpaired) electrons. The SMILES string of the molecule is CCc1ccccc1NC(=O)c1ccc(Nc2ccc(C(=O)OC)cc2)nn1. The summed E-state index contributed by atoms with van der Waals surface area (Å²) in [5.41, 5.74) is 3.23. The number of nitrogens with zero attached hydrogens (tertiary/aromatic N) is 2. The van der Waals surface area contributed by atoms with E-state index in [4.69, 9.17) is 0 Å². The van der Waals surface area contributed by atoms with Gasteiger partial charge in [-0.25, -0.2) is 4.79 Å². The van der Waals surface area contributed by atoms with Gasteiger partial charge in [0, 0.05) is 11.4 Å². The highest BCUT2D eigenvalue weighted by atomic mass is 16.5. The zero-order chi connectivity index (χ0) is 19.9. The van der Waals surface area contributed by atoms with Gasteiger partial charge >= 0.3 is 5.97 Å². The van der Waals surface area contributed by atoms with Gasteiger partial charge in [-0.1, -0.05) is 25.1 Å². The van der Waals surface area contributed by atoms with E-state index >= 15 is 0 Å². The molecule has 3 aromatic rings. The second kappa shape index (κ2) is 8.77. The average Bonchev–Trinajstić information content (AvgIpc) is 2.74. The van der Waals surface area contributed by atoms with Crippen LogP contribution >= 0.6 is 0 Å². The van der Waals surface area contributed by atoms with Crippen LogP contribution in [0.1, 0.15) is 33.3 Å². The van der Waals surface area contributed by atoms with Gasteiger partial charge in [0.1, 0.15) is 0 Å². The molecule has 7 nitrogen and oxygen atoms in total. The third-order valence-corrected chi connectivity index (χ3v) is 4.12. The number of hydrogen-bond acceptors (Lipinski definition) is 6. The molecule has 0 fully saturated rings. The predicted octanol–water partition coefficient (Wildman–Crippen LogP) is 3.82. The van der Waals surface area contributed by atoms with Gasteiger partial charge in [0.25, 0.3) is 5.91 Å². The van der Waals surface area contributed by atoms with Crippen LogP contribution in [-0.4, -0.2) is 29.2 Å². The molecule has 3 rings (SSSR count). The van der Waals surface area contributed by atoms with Gasteiger partial charge in [0.05, 0.1) is 12.7 Å². The van der Waals surface area contributed by atoms with Crippen molar-refractivity contribution in [2.75, 3.05) is 17.7 Å². The highest BCUT2D eigenvalue weighted by Gasteiger charge is 2.11. The third kappa shape index (κ3) is 4.50. The number of aryl methyl sites for hydroxylation is 1. The maximum Gasteiger partial charge on any atom is 0.337 e. The summed E-state index contributed by atoms with van der Waals surface area (Å²) < 4.78 is 4.67. The van der Waals surface area contributed by atoms with Crippen LogP contribution in [0.15, 0.2) is 60.7 Å². The van der Waals surface area contributed by atoms with Crippen LogP contribution in [0.5, 0.6) is 0 Å². The Balaban J connectivity index is 1.66. The van der Waals surface area contributed by atoms with E-state index in [1.807, 2.05) is 31.2 Å². The summed E-state index contributed by atoms with van der Waals surface area (Å²) in [6.45, 7) is 2.03. The lowest BCUT2D eigenvalue weighted by molar-refractivity contribution is 0.0600. The second-order valence-electron chi connectivity index (χ2n) is 5.96. The van der Waals surface area contributed by atoms with Crippen molar-refractivity contribution < 1.29 is 14.3 Å². The maximum atomic E-state index is 12.4. The molecule has 0 aliphatic heterocycles. The number of ether oxygens (including phenoxy) is 1. The molecule has 7 heteroatoms. The van der Waals surface area contributed by atoms with Crippen molar-refractivity contribution in [1.82, 2.24) is 10.2 Å². The minimum absolute atomic E-state index is 0.220. The van der Waals surface area contributed by atoms with E-state index in [1.54, 1.807) is 36.4 Å².